The fraction of sp³-hybridized carbons (Fsp3) is 0.857. The number of carboxylic acids is 1. The normalized spacial score (nSPS) is 22.9. The fourth-order valence-electron chi connectivity index (χ4n) is 1.55. The van der Waals surface area contributed by atoms with Crippen molar-refractivity contribution in [1.82, 2.24) is 0 Å². The van der Waals surface area contributed by atoms with Crippen LogP contribution in [0.5, 0.6) is 0 Å². The van der Waals surface area contributed by atoms with Gasteiger partial charge in [0.25, 0.3) is 0 Å². The van der Waals surface area contributed by atoms with Crippen LogP contribution in [-0.2, 0) is 4.79 Å². The quantitative estimate of drug-likeness (QED) is 0.513. The number of rotatable bonds is 2. The molecule has 0 aromatic heterocycles. The van der Waals surface area contributed by atoms with Gasteiger partial charge in [0.2, 0.25) is 0 Å². The Morgan fingerprint density at radius 3 is 2.40 bits per heavy atom. The van der Waals surface area contributed by atoms with Crippen molar-refractivity contribution in [3.8, 4) is 0 Å². The maximum atomic E-state index is 10.3. The van der Waals surface area contributed by atoms with Crippen LogP contribution in [0.25, 0.3) is 0 Å². The van der Waals surface area contributed by atoms with Gasteiger partial charge in [0, 0.05) is 5.92 Å². The van der Waals surface area contributed by atoms with Gasteiger partial charge in [-0.3, -0.25) is 0 Å². The lowest BCUT2D eigenvalue weighted by atomic mass is 9.99. The van der Waals surface area contributed by atoms with E-state index in [2.05, 4.69) is 5.73 Å². The van der Waals surface area contributed by atoms with Gasteiger partial charge in [0.15, 0.2) is 0 Å². The minimum atomic E-state index is -0.994. The number of aliphatic carboxylic acids is 1. The molecule has 0 radical (unpaired) electrons. The van der Waals surface area contributed by atoms with Gasteiger partial charge in [-0.05, 0) is 12.8 Å². The maximum Gasteiger partial charge on any atom is 0.127 e. The summed E-state index contributed by atoms with van der Waals surface area (Å²) in [7, 11) is 0. The monoisotopic (exact) mass is 143 g/mol. The molecule has 0 bridgehead atoms. The summed E-state index contributed by atoms with van der Waals surface area (Å²) in [4.78, 5) is 10.3. The van der Waals surface area contributed by atoms with Gasteiger partial charge in [0.1, 0.15) is 6.04 Å². The highest BCUT2D eigenvalue weighted by molar-refractivity contribution is 5.69. The smallest absolute Gasteiger partial charge is 0.127 e. The van der Waals surface area contributed by atoms with Crippen LogP contribution in [0.3, 0.4) is 0 Å². The van der Waals surface area contributed by atoms with Crippen LogP contribution in [0.1, 0.15) is 25.7 Å². The first-order valence-corrected chi connectivity index (χ1v) is 3.76. The Labute approximate surface area is 60.2 Å². The molecule has 10 heavy (non-hydrogen) atoms. The van der Waals surface area contributed by atoms with Crippen LogP contribution < -0.4 is 10.8 Å². The fourth-order valence-corrected chi connectivity index (χ4v) is 1.55. The second-order valence-electron chi connectivity index (χ2n) is 2.97. The lowest BCUT2D eigenvalue weighted by Gasteiger charge is -2.15. The molecular weight excluding hydrogens is 130 g/mol. The number of carbonyl (C=O) groups is 1. The van der Waals surface area contributed by atoms with Crippen molar-refractivity contribution in [2.45, 2.75) is 31.7 Å². The highest BCUT2D eigenvalue weighted by Gasteiger charge is 2.25. The zero-order valence-corrected chi connectivity index (χ0v) is 6.01. The standard InChI is InChI=1S/C7H13NO2/c8-6(7(9)10)5-3-1-2-4-5/h5-6H,1-4,8H2,(H,9,10)/t6-/m0/s1. The molecule has 0 saturated heterocycles. The summed E-state index contributed by atoms with van der Waals surface area (Å²) in [5, 5.41) is 10.3. The predicted octanol–water partition coefficient (Wildman–Crippen LogP) is -1.46. The van der Waals surface area contributed by atoms with Crippen LogP contribution in [0.15, 0.2) is 0 Å². The second kappa shape index (κ2) is 3.01. The number of hydrogen-bond acceptors (Lipinski definition) is 2. The first kappa shape index (κ1) is 7.54. The van der Waals surface area contributed by atoms with Crippen molar-refractivity contribution in [3.63, 3.8) is 0 Å². The van der Waals surface area contributed by atoms with E-state index in [1.54, 1.807) is 0 Å². The molecule has 0 heterocycles. The SMILES string of the molecule is [NH3+][C@H](C(=O)[O-])C1CCCC1. The third kappa shape index (κ3) is 1.48. The number of carboxylic acid groups (broad SMARTS) is 1. The first-order chi connectivity index (χ1) is 4.72. The molecule has 0 aromatic rings. The molecule has 58 valence electrons. The van der Waals surface area contributed by atoms with Gasteiger partial charge in [-0.1, -0.05) is 12.8 Å². The molecule has 0 spiro atoms. The highest BCUT2D eigenvalue weighted by atomic mass is 16.4. The summed E-state index contributed by atoms with van der Waals surface area (Å²) < 4.78 is 0. The molecular formula is C7H13NO2. The number of hydrogen-bond donors (Lipinski definition) is 1. The van der Waals surface area contributed by atoms with Gasteiger partial charge < -0.3 is 15.6 Å². The van der Waals surface area contributed by atoms with Crippen LogP contribution in [-0.4, -0.2) is 12.0 Å². The van der Waals surface area contributed by atoms with Crippen molar-refractivity contribution in [2.24, 2.45) is 5.92 Å². The summed E-state index contributed by atoms with van der Waals surface area (Å²) in [5.74, 6) is -0.711. The summed E-state index contributed by atoms with van der Waals surface area (Å²) in [5.41, 5.74) is 3.56. The molecule has 0 aromatic carbocycles. The molecule has 0 amide bonds. The van der Waals surface area contributed by atoms with Crippen molar-refractivity contribution >= 4 is 5.97 Å². The average molecular weight is 143 g/mol. The van der Waals surface area contributed by atoms with E-state index < -0.39 is 12.0 Å². The zero-order valence-electron chi connectivity index (χ0n) is 6.01. The van der Waals surface area contributed by atoms with Crippen molar-refractivity contribution < 1.29 is 15.6 Å². The molecule has 0 unspecified atom stereocenters. The second-order valence-corrected chi connectivity index (χ2v) is 2.97. The van der Waals surface area contributed by atoms with E-state index in [1.807, 2.05) is 0 Å². The Morgan fingerprint density at radius 2 is 2.00 bits per heavy atom. The molecule has 1 saturated carbocycles. The molecule has 0 aliphatic heterocycles. The van der Waals surface area contributed by atoms with Gasteiger partial charge in [-0.15, -0.1) is 0 Å². The molecule has 3 heteroatoms. The average Bonchev–Trinajstić information content (AvgIpc) is 2.36. The Hall–Kier alpha value is -0.570. The van der Waals surface area contributed by atoms with Crippen molar-refractivity contribution in [2.75, 3.05) is 0 Å². The third-order valence-electron chi connectivity index (χ3n) is 2.27. The molecule has 1 fully saturated rings. The van der Waals surface area contributed by atoms with Crippen LogP contribution >= 0.6 is 0 Å². The Balaban J connectivity index is 2.39. The van der Waals surface area contributed by atoms with Crippen molar-refractivity contribution in [1.29, 1.82) is 0 Å². The summed E-state index contributed by atoms with van der Waals surface area (Å²) in [6.07, 6.45) is 4.35. The van der Waals surface area contributed by atoms with Crippen molar-refractivity contribution in [3.05, 3.63) is 0 Å². The Morgan fingerprint density at radius 1 is 1.50 bits per heavy atom. The molecule has 1 aliphatic carbocycles. The van der Waals surface area contributed by atoms with Gasteiger partial charge in [0.05, 0.1) is 5.97 Å². The molecule has 3 nitrogen and oxygen atoms in total. The van der Waals surface area contributed by atoms with E-state index in [4.69, 9.17) is 0 Å². The Kier molecular flexibility index (Phi) is 2.27. The summed E-state index contributed by atoms with van der Waals surface area (Å²) >= 11 is 0. The first-order valence-electron chi connectivity index (χ1n) is 3.76. The third-order valence-corrected chi connectivity index (χ3v) is 2.27. The Bertz CT molecular complexity index is 130. The van der Waals surface area contributed by atoms with Gasteiger partial charge in [-0.25, -0.2) is 0 Å². The van der Waals surface area contributed by atoms with Gasteiger partial charge >= 0.3 is 0 Å². The van der Waals surface area contributed by atoms with E-state index in [1.165, 1.54) is 0 Å². The van der Waals surface area contributed by atoms with E-state index in [0.29, 0.717) is 0 Å². The largest absolute Gasteiger partial charge is 0.544 e. The highest BCUT2D eigenvalue weighted by Crippen LogP contribution is 2.25. The maximum absolute atomic E-state index is 10.3. The zero-order chi connectivity index (χ0) is 7.56. The molecule has 1 rings (SSSR count). The number of quaternary nitrogens is 1. The summed E-state index contributed by atoms with van der Waals surface area (Å²) in [6, 6.07) is -0.484. The van der Waals surface area contributed by atoms with Crippen LogP contribution in [0.2, 0.25) is 0 Å². The topological polar surface area (TPSA) is 67.8 Å². The van der Waals surface area contributed by atoms with Crippen LogP contribution in [0.4, 0.5) is 0 Å². The van der Waals surface area contributed by atoms with E-state index in [-0.39, 0.29) is 5.92 Å². The minimum absolute atomic E-state index is 0.282. The summed E-state index contributed by atoms with van der Waals surface area (Å²) in [6.45, 7) is 0. The van der Waals surface area contributed by atoms with E-state index in [9.17, 15) is 9.90 Å². The molecule has 3 N–H and O–H groups in total. The molecule has 1 aliphatic rings. The van der Waals surface area contributed by atoms with Gasteiger partial charge in [-0.2, -0.15) is 0 Å². The van der Waals surface area contributed by atoms with E-state index in [0.717, 1.165) is 25.7 Å². The lowest BCUT2D eigenvalue weighted by molar-refractivity contribution is -0.447. The predicted molar refractivity (Wildman–Crippen MR) is 33.6 cm³/mol. The van der Waals surface area contributed by atoms with Crippen LogP contribution in [0, 0.1) is 5.92 Å². The minimum Gasteiger partial charge on any atom is -0.544 e. The molecule has 1 atom stereocenters. The van der Waals surface area contributed by atoms with E-state index >= 15 is 0 Å². The number of carbonyl (C=O) groups excluding carboxylic acids is 1. The lowest BCUT2D eigenvalue weighted by Crippen LogP contribution is -2.71.